The molecule has 0 bridgehead atoms. The largest absolute Gasteiger partial charge is 0.260 e. The third-order valence-electron chi connectivity index (χ3n) is 3.21. The van der Waals surface area contributed by atoms with E-state index in [4.69, 9.17) is 0 Å². The zero-order chi connectivity index (χ0) is 16.5. The van der Waals surface area contributed by atoms with Crippen LogP contribution in [0.3, 0.4) is 0 Å². The van der Waals surface area contributed by atoms with Gasteiger partial charge in [0.1, 0.15) is 0 Å². The molecule has 0 atom stereocenters. The van der Waals surface area contributed by atoms with Crippen molar-refractivity contribution in [3.63, 3.8) is 0 Å². The maximum Gasteiger partial charge on any atom is 0.0685 e. The lowest BCUT2D eigenvalue weighted by molar-refractivity contribution is 1.04. The molecule has 0 spiro atoms. The highest BCUT2D eigenvalue weighted by molar-refractivity contribution is 7.97. The Kier molecular flexibility index (Phi) is 6.62. The molecule has 4 nitrogen and oxygen atoms in total. The van der Waals surface area contributed by atoms with Gasteiger partial charge in [0.05, 0.1) is 22.8 Å². The molecule has 3 rings (SSSR count). The second-order valence-electron chi connectivity index (χ2n) is 5.13. The van der Waals surface area contributed by atoms with Crippen LogP contribution in [0, 0.1) is 0 Å². The van der Waals surface area contributed by atoms with Gasteiger partial charge in [0.25, 0.3) is 0 Å². The highest BCUT2D eigenvalue weighted by Crippen LogP contribution is 2.17. The third-order valence-corrected chi connectivity index (χ3v) is 5.21. The molecule has 3 heterocycles. The molecular weight excluding hydrogens is 336 g/mol. The number of hydrogen-bond acceptors (Lipinski definition) is 6. The Morgan fingerprint density at radius 2 is 1.00 bits per heavy atom. The minimum absolute atomic E-state index is 0.852. The summed E-state index contributed by atoms with van der Waals surface area (Å²) >= 11 is 3.60. The average Bonchev–Trinajstić information content (AvgIpc) is 2.65. The number of rotatable bonds is 8. The Labute approximate surface area is 150 Å². The predicted octanol–water partition coefficient (Wildman–Crippen LogP) is 4.13. The molecule has 122 valence electrons. The Balaban J connectivity index is 1.40. The fourth-order valence-electron chi connectivity index (χ4n) is 2.02. The predicted molar refractivity (Wildman–Crippen MR) is 101 cm³/mol. The van der Waals surface area contributed by atoms with Crippen molar-refractivity contribution in [3.8, 4) is 0 Å². The van der Waals surface area contributed by atoms with Crippen LogP contribution in [0.25, 0.3) is 0 Å². The number of thioether (sulfide) groups is 2. The number of nitrogens with zero attached hydrogens (tertiary/aromatic N) is 4. The molecule has 0 fully saturated rings. The van der Waals surface area contributed by atoms with Crippen LogP contribution in [0.2, 0.25) is 0 Å². The van der Waals surface area contributed by atoms with E-state index >= 15 is 0 Å². The van der Waals surface area contributed by atoms with Gasteiger partial charge in [-0.1, -0.05) is 12.1 Å². The fraction of sp³-hybridized carbons (Fsp3) is 0.222. The van der Waals surface area contributed by atoms with E-state index in [2.05, 4.69) is 19.9 Å². The van der Waals surface area contributed by atoms with Gasteiger partial charge in [-0.15, -0.1) is 23.5 Å². The summed E-state index contributed by atoms with van der Waals surface area (Å²) in [5, 5.41) is 0. The van der Waals surface area contributed by atoms with E-state index in [0.717, 1.165) is 45.8 Å². The van der Waals surface area contributed by atoms with Crippen molar-refractivity contribution in [3.05, 3.63) is 84.0 Å². The molecule has 0 aromatic carbocycles. The van der Waals surface area contributed by atoms with Gasteiger partial charge in [-0.2, -0.15) is 0 Å². The first-order valence-corrected chi connectivity index (χ1v) is 9.96. The van der Waals surface area contributed by atoms with Gasteiger partial charge in [0.15, 0.2) is 0 Å². The van der Waals surface area contributed by atoms with Gasteiger partial charge in [0, 0.05) is 47.8 Å². The molecule has 0 aliphatic heterocycles. The maximum atomic E-state index is 4.50. The molecular formula is C18H18N4S2. The lowest BCUT2D eigenvalue weighted by Crippen LogP contribution is -1.95. The molecule has 0 N–H and O–H groups in total. The van der Waals surface area contributed by atoms with E-state index in [1.54, 1.807) is 23.5 Å². The van der Waals surface area contributed by atoms with Gasteiger partial charge in [-0.05, 0) is 24.3 Å². The molecule has 0 radical (unpaired) electrons. The molecule has 24 heavy (non-hydrogen) atoms. The zero-order valence-electron chi connectivity index (χ0n) is 13.2. The third kappa shape index (κ3) is 5.62. The van der Waals surface area contributed by atoms with E-state index in [0.29, 0.717) is 0 Å². The summed E-state index contributed by atoms with van der Waals surface area (Å²) in [6.45, 7) is 0. The molecule has 6 heteroatoms. The quantitative estimate of drug-likeness (QED) is 0.606. The van der Waals surface area contributed by atoms with Crippen molar-refractivity contribution in [1.82, 2.24) is 19.9 Å². The first-order chi connectivity index (χ1) is 11.9. The first-order valence-electron chi connectivity index (χ1n) is 7.65. The van der Waals surface area contributed by atoms with Crippen molar-refractivity contribution >= 4 is 23.5 Å². The van der Waals surface area contributed by atoms with Crippen LogP contribution < -0.4 is 0 Å². The molecule has 0 saturated heterocycles. The van der Waals surface area contributed by atoms with Crippen LogP contribution >= 0.6 is 23.5 Å². The van der Waals surface area contributed by atoms with Gasteiger partial charge < -0.3 is 0 Å². The molecule has 3 aromatic rings. The van der Waals surface area contributed by atoms with Crippen molar-refractivity contribution in [2.75, 3.05) is 0 Å². The lowest BCUT2D eigenvalue weighted by Gasteiger charge is -2.03. The minimum atomic E-state index is 0.852. The van der Waals surface area contributed by atoms with Crippen LogP contribution in [-0.2, 0) is 23.0 Å². The number of aromatic nitrogens is 4. The van der Waals surface area contributed by atoms with E-state index in [1.807, 2.05) is 61.2 Å². The van der Waals surface area contributed by atoms with Crippen molar-refractivity contribution < 1.29 is 0 Å². The Bertz CT molecular complexity index is 657. The first kappa shape index (κ1) is 16.9. The topological polar surface area (TPSA) is 51.6 Å². The second-order valence-corrected chi connectivity index (χ2v) is 7.10. The zero-order valence-corrected chi connectivity index (χ0v) is 14.8. The Morgan fingerprint density at radius 1 is 0.542 bits per heavy atom. The molecule has 0 saturated carbocycles. The minimum Gasteiger partial charge on any atom is -0.260 e. The lowest BCUT2D eigenvalue weighted by atomic mass is 10.4. The fourth-order valence-corrected chi connectivity index (χ4v) is 3.70. The van der Waals surface area contributed by atoms with Gasteiger partial charge >= 0.3 is 0 Å². The van der Waals surface area contributed by atoms with Gasteiger partial charge in [-0.3, -0.25) is 19.9 Å². The summed E-state index contributed by atoms with van der Waals surface area (Å²) in [6, 6.07) is 12.0. The molecule has 0 unspecified atom stereocenters. The van der Waals surface area contributed by atoms with Crippen molar-refractivity contribution in [2.24, 2.45) is 0 Å². The number of pyridine rings is 2. The summed E-state index contributed by atoms with van der Waals surface area (Å²) in [7, 11) is 0. The normalized spacial score (nSPS) is 10.7. The number of hydrogen-bond donors (Lipinski definition) is 0. The highest BCUT2D eigenvalue weighted by atomic mass is 32.2. The maximum absolute atomic E-state index is 4.50. The van der Waals surface area contributed by atoms with Crippen LogP contribution in [0.5, 0.6) is 0 Å². The van der Waals surface area contributed by atoms with Gasteiger partial charge in [-0.25, -0.2) is 0 Å². The summed E-state index contributed by atoms with van der Waals surface area (Å²) < 4.78 is 0. The van der Waals surface area contributed by atoms with E-state index in [-0.39, 0.29) is 0 Å². The van der Waals surface area contributed by atoms with Gasteiger partial charge in [0.2, 0.25) is 0 Å². The summed E-state index contributed by atoms with van der Waals surface area (Å²) in [5.74, 6) is 3.49. The van der Waals surface area contributed by atoms with Crippen molar-refractivity contribution in [1.29, 1.82) is 0 Å². The van der Waals surface area contributed by atoms with E-state index < -0.39 is 0 Å². The highest BCUT2D eigenvalue weighted by Gasteiger charge is 2.01. The Morgan fingerprint density at radius 3 is 1.38 bits per heavy atom. The summed E-state index contributed by atoms with van der Waals surface area (Å²) in [5.41, 5.74) is 4.21. The molecule has 0 amide bonds. The molecule has 3 aromatic heterocycles. The second kappa shape index (κ2) is 9.39. The van der Waals surface area contributed by atoms with Crippen LogP contribution in [0.15, 0.2) is 61.2 Å². The van der Waals surface area contributed by atoms with Crippen LogP contribution in [0.4, 0.5) is 0 Å². The summed E-state index contributed by atoms with van der Waals surface area (Å²) in [6.07, 6.45) is 7.41. The van der Waals surface area contributed by atoms with E-state index in [1.165, 1.54) is 0 Å². The van der Waals surface area contributed by atoms with Crippen molar-refractivity contribution in [2.45, 2.75) is 23.0 Å². The molecule has 0 aliphatic rings. The van der Waals surface area contributed by atoms with E-state index in [9.17, 15) is 0 Å². The Hall–Kier alpha value is -1.92. The van der Waals surface area contributed by atoms with Crippen LogP contribution in [-0.4, -0.2) is 19.9 Å². The standard InChI is InChI=1S/C18H18N4S2/c1-3-7-19-15(5-1)11-23-13-17-9-22-18(10-21-17)14-24-12-16-6-2-4-8-20-16/h1-10H,11-14H2. The summed E-state index contributed by atoms with van der Waals surface area (Å²) in [4.78, 5) is 17.6. The SMILES string of the molecule is c1ccc(CSCc2cnc(CSCc3ccccn3)cn2)nc1. The molecule has 0 aliphatic carbocycles. The van der Waals surface area contributed by atoms with Crippen LogP contribution in [0.1, 0.15) is 22.8 Å². The average molecular weight is 355 g/mol. The smallest absolute Gasteiger partial charge is 0.0685 e. The monoisotopic (exact) mass is 354 g/mol.